The molecule has 0 saturated heterocycles. The van der Waals surface area contributed by atoms with Crippen LogP contribution in [0, 0.1) is 13.8 Å². The maximum Gasteiger partial charge on any atom is 0.341 e. The van der Waals surface area contributed by atoms with Crippen molar-refractivity contribution in [2.24, 2.45) is 0 Å². The first-order valence-electron chi connectivity index (χ1n) is 18.4. The fourth-order valence-electron chi connectivity index (χ4n) is 7.60. The summed E-state index contributed by atoms with van der Waals surface area (Å²) in [5, 5.41) is 3.10. The molecule has 5 rings (SSSR count). The molecule has 2 aliphatic heterocycles. The largest absolute Gasteiger partial charge is 0.469 e. The normalized spacial score (nSPS) is 15.6. The summed E-state index contributed by atoms with van der Waals surface area (Å²) in [6, 6.07) is 6.20. The number of hydrogen-bond donors (Lipinski definition) is 3. The third-order valence-corrected chi connectivity index (χ3v) is 10.7. The van der Waals surface area contributed by atoms with E-state index in [2.05, 4.69) is 62.9 Å². The molecule has 0 fully saturated rings. The van der Waals surface area contributed by atoms with Gasteiger partial charge in [-0.1, -0.05) is 47.0 Å². The van der Waals surface area contributed by atoms with Gasteiger partial charge in [0.2, 0.25) is 0 Å². The Hall–Kier alpha value is -4.73. The second kappa shape index (κ2) is 16.1. The van der Waals surface area contributed by atoms with Crippen molar-refractivity contribution in [3.63, 3.8) is 0 Å². The Bertz CT molecular complexity index is 2040. The third kappa shape index (κ3) is 7.37. The predicted octanol–water partition coefficient (Wildman–Crippen LogP) is 8.31. The zero-order valence-electron chi connectivity index (χ0n) is 31.7. The van der Waals surface area contributed by atoms with E-state index in [-0.39, 0.29) is 41.4 Å². The van der Waals surface area contributed by atoms with Gasteiger partial charge in [0.1, 0.15) is 5.56 Å². The van der Waals surface area contributed by atoms with Crippen LogP contribution in [0.3, 0.4) is 0 Å². The lowest BCUT2D eigenvalue weighted by atomic mass is 9.85. The number of fused-ring (bicyclic) bond motifs is 8. The molecule has 0 unspecified atom stereocenters. The number of hydrogen-bond acceptors (Lipinski definition) is 7. The first-order chi connectivity index (χ1) is 24.5. The van der Waals surface area contributed by atoms with Crippen molar-refractivity contribution < 1.29 is 23.9 Å². The first-order valence-corrected chi connectivity index (χ1v) is 18.4. The van der Waals surface area contributed by atoms with Gasteiger partial charge in [-0.3, -0.25) is 14.6 Å². The lowest BCUT2D eigenvalue weighted by Crippen LogP contribution is -2.26. The molecule has 2 aliphatic rings. The monoisotopic (exact) mass is 695 g/mol. The number of aromatic nitrogens is 4. The maximum atomic E-state index is 14.1. The summed E-state index contributed by atoms with van der Waals surface area (Å²) in [4.78, 5) is 58.1. The van der Waals surface area contributed by atoms with Crippen molar-refractivity contribution in [3.05, 3.63) is 68.8 Å². The van der Waals surface area contributed by atoms with E-state index in [4.69, 9.17) is 19.4 Å². The molecule has 0 saturated carbocycles. The lowest BCUT2D eigenvalue weighted by Gasteiger charge is -2.18. The number of amides is 1. The Kier molecular flexibility index (Phi) is 11.8. The number of nitrogens with zero attached hydrogens (tertiary/aromatic N) is 2. The molecule has 1 amide bonds. The molecule has 10 nitrogen and oxygen atoms in total. The van der Waals surface area contributed by atoms with Crippen LogP contribution in [0.4, 0.5) is 0 Å². The van der Waals surface area contributed by atoms with Crippen molar-refractivity contribution in [1.29, 1.82) is 0 Å². The van der Waals surface area contributed by atoms with E-state index < -0.39 is 5.97 Å². The number of carbonyl (C=O) groups excluding carboxylic acids is 3. The van der Waals surface area contributed by atoms with E-state index in [0.29, 0.717) is 35.5 Å². The summed E-state index contributed by atoms with van der Waals surface area (Å²) in [5.74, 6) is -1.80. The van der Waals surface area contributed by atoms with Gasteiger partial charge in [-0.2, -0.15) is 0 Å². The van der Waals surface area contributed by atoms with Crippen molar-refractivity contribution in [2.45, 2.75) is 112 Å². The van der Waals surface area contributed by atoms with E-state index in [1.54, 1.807) is 0 Å². The number of allylic oxidation sites excluding steroid dienone is 1. The van der Waals surface area contributed by atoms with Crippen LogP contribution in [0.1, 0.15) is 140 Å². The molecular formula is C41H53N5O5. The fourth-order valence-corrected chi connectivity index (χ4v) is 7.60. The van der Waals surface area contributed by atoms with Gasteiger partial charge >= 0.3 is 11.9 Å². The minimum absolute atomic E-state index is 0.137. The number of ether oxygens (including phenoxy) is 2. The quantitative estimate of drug-likeness (QED) is 0.128. The number of esters is 2. The van der Waals surface area contributed by atoms with Crippen LogP contribution >= 0.6 is 0 Å². The average Bonchev–Trinajstić information content (AvgIpc) is 3.79. The van der Waals surface area contributed by atoms with Crippen molar-refractivity contribution in [2.75, 3.05) is 20.8 Å². The highest BCUT2D eigenvalue weighted by Gasteiger charge is 2.37. The summed E-state index contributed by atoms with van der Waals surface area (Å²) in [5.41, 5.74) is 11.6. The van der Waals surface area contributed by atoms with Crippen molar-refractivity contribution in [1.82, 2.24) is 25.3 Å². The van der Waals surface area contributed by atoms with Gasteiger partial charge in [0.15, 0.2) is 0 Å². The molecule has 3 N–H and O–H groups in total. The number of aromatic amines is 2. The molecule has 8 bridgehead atoms. The Labute approximate surface area is 300 Å². The Morgan fingerprint density at radius 3 is 2.08 bits per heavy atom. The van der Waals surface area contributed by atoms with Crippen LogP contribution < -0.4 is 5.32 Å². The topological polar surface area (TPSA) is 139 Å². The minimum atomic E-state index is -0.638. The second-order valence-corrected chi connectivity index (χ2v) is 13.7. The Morgan fingerprint density at radius 1 is 0.824 bits per heavy atom. The molecule has 0 radical (unpaired) electrons. The molecule has 2 atom stereocenters. The predicted molar refractivity (Wildman–Crippen MR) is 203 cm³/mol. The van der Waals surface area contributed by atoms with Gasteiger partial charge in [-0.25, -0.2) is 9.78 Å². The number of unbranched alkanes of at least 4 members (excludes halogenated alkanes) is 3. The van der Waals surface area contributed by atoms with Crippen LogP contribution in [-0.4, -0.2) is 58.5 Å². The molecule has 3 aromatic rings. The van der Waals surface area contributed by atoms with Gasteiger partial charge in [0, 0.05) is 52.6 Å². The summed E-state index contributed by atoms with van der Waals surface area (Å²) in [6.07, 6.45) is 6.20. The van der Waals surface area contributed by atoms with E-state index in [9.17, 15) is 14.4 Å². The third-order valence-electron chi connectivity index (χ3n) is 10.7. The van der Waals surface area contributed by atoms with Gasteiger partial charge in [-0.15, -0.1) is 0 Å². The first kappa shape index (κ1) is 37.5. The molecule has 0 aliphatic carbocycles. The van der Waals surface area contributed by atoms with Gasteiger partial charge in [-0.05, 0) is 92.5 Å². The molecular weight excluding hydrogens is 642 g/mol. The highest BCUT2D eigenvalue weighted by Crippen LogP contribution is 2.44. The number of methoxy groups -OCH3 is 2. The lowest BCUT2D eigenvalue weighted by molar-refractivity contribution is -0.140. The number of carbonyl (C=O) groups is 3. The van der Waals surface area contributed by atoms with E-state index in [1.165, 1.54) is 19.8 Å². The average molecular weight is 696 g/mol. The van der Waals surface area contributed by atoms with Gasteiger partial charge in [0.05, 0.1) is 36.9 Å². The second-order valence-electron chi connectivity index (χ2n) is 13.7. The van der Waals surface area contributed by atoms with Crippen LogP contribution in [-0.2, 0) is 31.9 Å². The SMILES string of the molecule is CCCCCCNC(=O)C1=C(C)c2cc3[nH]c(cc4[nH]c(cc5nc(c(C(=O)OC)c1n2)[C@@H](CCC(=O)OC)[C@@H]5C)c(C)c4CC)c(C)c3CC. The molecule has 3 aromatic heterocycles. The number of rotatable bonds is 12. The standard InChI is InChI=1S/C41H53N5O5/c1-10-13-14-15-18-42-40(48)36-25(7)32-21-34-27(12-3)23(5)30(44-34)20-33-26(11-2)22(4)29(43-33)19-31-24(6)28(16-17-35(47)50-8)38(45-31)37(39(36)46-32)41(49)51-9/h19-21,24,28,43-44H,10-18H2,1-9H3,(H,42,48)/t24-,28-/m0/s1. The Balaban J connectivity index is 1.92. The van der Waals surface area contributed by atoms with Crippen LogP contribution in [0.25, 0.3) is 33.2 Å². The van der Waals surface area contributed by atoms with Crippen molar-refractivity contribution >= 4 is 51.1 Å². The number of H-pyrrole nitrogens is 2. The van der Waals surface area contributed by atoms with Gasteiger partial charge < -0.3 is 24.8 Å². The molecule has 272 valence electrons. The van der Waals surface area contributed by atoms with Crippen molar-refractivity contribution in [3.8, 4) is 0 Å². The number of aryl methyl sites for hydroxylation is 4. The van der Waals surface area contributed by atoms with E-state index in [0.717, 1.165) is 83.0 Å². The smallest absolute Gasteiger partial charge is 0.341 e. The van der Waals surface area contributed by atoms with E-state index >= 15 is 0 Å². The minimum Gasteiger partial charge on any atom is -0.469 e. The van der Waals surface area contributed by atoms with E-state index in [1.807, 2.05) is 19.1 Å². The number of nitrogens with one attached hydrogen (secondary N) is 3. The summed E-state index contributed by atoms with van der Waals surface area (Å²) < 4.78 is 10.4. The van der Waals surface area contributed by atoms with Crippen LogP contribution in [0.15, 0.2) is 18.2 Å². The fraction of sp³-hybridized carbons (Fsp3) is 0.488. The summed E-state index contributed by atoms with van der Waals surface area (Å²) in [6.45, 7) is 15.1. The highest BCUT2D eigenvalue weighted by atomic mass is 16.5. The van der Waals surface area contributed by atoms with Crippen LogP contribution in [0.5, 0.6) is 0 Å². The summed E-state index contributed by atoms with van der Waals surface area (Å²) in [7, 11) is 2.70. The molecule has 0 spiro atoms. The van der Waals surface area contributed by atoms with Crippen LogP contribution in [0.2, 0.25) is 0 Å². The maximum absolute atomic E-state index is 14.1. The zero-order valence-corrected chi connectivity index (χ0v) is 31.7. The van der Waals surface area contributed by atoms with Gasteiger partial charge in [0.25, 0.3) is 5.91 Å². The molecule has 0 aromatic carbocycles. The summed E-state index contributed by atoms with van der Waals surface area (Å²) >= 11 is 0. The Morgan fingerprint density at radius 2 is 1.47 bits per heavy atom. The highest BCUT2D eigenvalue weighted by molar-refractivity contribution is 6.28. The molecule has 5 heterocycles. The molecule has 51 heavy (non-hydrogen) atoms. The zero-order chi connectivity index (χ0) is 37.0. The molecule has 10 heteroatoms.